The summed E-state index contributed by atoms with van der Waals surface area (Å²) in [4.78, 5) is 0. The number of thioether (sulfide) groups is 1. The predicted molar refractivity (Wildman–Crippen MR) is 84.9 cm³/mol. The molecule has 0 amide bonds. The van der Waals surface area contributed by atoms with E-state index in [-0.39, 0.29) is 0 Å². The van der Waals surface area contributed by atoms with Gasteiger partial charge in [0.2, 0.25) is 0 Å². The molecule has 0 aliphatic carbocycles. The van der Waals surface area contributed by atoms with Gasteiger partial charge < -0.3 is 5.32 Å². The van der Waals surface area contributed by atoms with Crippen molar-refractivity contribution in [3.63, 3.8) is 0 Å². The number of aryl methyl sites for hydroxylation is 1. The molecule has 0 saturated carbocycles. The van der Waals surface area contributed by atoms with Gasteiger partial charge >= 0.3 is 0 Å². The number of fused-ring (bicyclic) bond motifs is 1. The van der Waals surface area contributed by atoms with Crippen LogP contribution in [0.3, 0.4) is 0 Å². The van der Waals surface area contributed by atoms with Crippen LogP contribution in [0.1, 0.15) is 28.3 Å². The van der Waals surface area contributed by atoms with Gasteiger partial charge in [-0.05, 0) is 35.7 Å². The van der Waals surface area contributed by atoms with E-state index in [0.29, 0.717) is 11.6 Å². The molecule has 2 nitrogen and oxygen atoms in total. The SMILES string of the molecule is Cc1ccc(C#N)cc1NC1CSCc2ccccc21. The zero-order chi connectivity index (χ0) is 13.9. The van der Waals surface area contributed by atoms with Gasteiger partial charge in [0, 0.05) is 17.2 Å². The molecule has 20 heavy (non-hydrogen) atoms. The fourth-order valence-electron chi connectivity index (χ4n) is 2.54. The smallest absolute Gasteiger partial charge is 0.0992 e. The summed E-state index contributed by atoms with van der Waals surface area (Å²) in [5, 5.41) is 12.6. The molecule has 0 spiro atoms. The van der Waals surface area contributed by atoms with Crippen molar-refractivity contribution in [1.82, 2.24) is 0 Å². The Morgan fingerprint density at radius 2 is 2.10 bits per heavy atom. The largest absolute Gasteiger partial charge is 0.377 e. The second kappa shape index (κ2) is 5.60. The van der Waals surface area contributed by atoms with E-state index in [1.807, 2.05) is 30.0 Å². The molecular weight excluding hydrogens is 264 g/mol. The average molecular weight is 280 g/mol. The van der Waals surface area contributed by atoms with E-state index in [0.717, 1.165) is 17.2 Å². The third-order valence-corrected chi connectivity index (χ3v) is 4.75. The monoisotopic (exact) mass is 280 g/mol. The van der Waals surface area contributed by atoms with Crippen LogP contribution in [0.15, 0.2) is 42.5 Å². The summed E-state index contributed by atoms with van der Waals surface area (Å²) in [6.07, 6.45) is 0. The van der Waals surface area contributed by atoms with Crippen molar-refractivity contribution in [2.45, 2.75) is 18.7 Å². The molecule has 0 saturated heterocycles. The Balaban J connectivity index is 1.91. The third kappa shape index (κ3) is 2.52. The number of rotatable bonds is 2. The molecule has 0 fully saturated rings. The molecule has 2 aromatic carbocycles. The van der Waals surface area contributed by atoms with Crippen molar-refractivity contribution in [1.29, 1.82) is 5.26 Å². The molecule has 1 unspecified atom stereocenters. The number of nitrogens with zero attached hydrogens (tertiary/aromatic N) is 1. The number of nitrogens with one attached hydrogen (secondary N) is 1. The Kier molecular flexibility index (Phi) is 3.66. The maximum atomic E-state index is 9.03. The van der Waals surface area contributed by atoms with E-state index in [9.17, 15) is 0 Å². The van der Waals surface area contributed by atoms with Crippen LogP contribution >= 0.6 is 11.8 Å². The standard InChI is InChI=1S/C17H16N2S/c1-12-6-7-13(9-18)8-16(12)19-17-11-20-10-14-4-2-3-5-15(14)17/h2-8,17,19H,10-11H2,1H3. The zero-order valence-corrected chi connectivity index (χ0v) is 12.2. The minimum absolute atomic E-state index is 0.317. The van der Waals surface area contributed by atoms with Gasteiger partial charge in [0.1, 0.15) is 0 Å². The predicted octanol–water partition coefficient (Wildman–Crippen LogP) is 4.27. The lowest BCUT2D eigenvalue weighted by Gasteiger charge is -2.27. The maximum Gasteiger partial charge on any atom is 0.0992 e. The Morgan fingerprint density at radius 3 is 2.95 bits per heavy atom. The van der Waals surface area contributed by atoms with Crippen LogP contribution in [0.4, 0.5) is 5.69 Å². The Morgan fingerprint density at radius 1 is 1.25 bits per heavy atom. The van der Waals surface area contributed by atoms with Gasteiger partial charge in [0.15, 0.2) is 0 Å². The number of nitriles is 1. The normalized spacial score (nSPS) is 17.1. The minimum Gasteiger partial charge on any atom is -0.377 e. The average Bonchev–Trinajstić information content (AvgIpc) is 2.50. The third-order valence-electron chi connectivity index (χ3n) is 3.67. The second-order valence-electron chi connectivity index (χ2n) is 5.05. The molecule has 100 valence electrons. The number of hydrogen-bond acceptors (Lipinski definition) is 3. The molecule has 1 heterocycles. The lowest BCUT2D eigenvalue weighted by Crippen LogP contribution is -2.19. The Hall–Kier alpha value is -1.92. The number of hydrogen-bond donors (Lipinski definition) is 1. The van der Waals surface area contributed by atoms with Crippen LogP contribution in [-0.4, -0.2) is 5.75 Å². The van der Waals surface area contributed by atoms with E-state index in [1.54, 1.807) is 0 Å². The number of anilines is 1. The van der Waals surface area contributed by atoms with Gasteiger partial charge in [-0.25, -0.2) is 0 Å². The van der Waals surface area contributed by atoms with Gasteiger partial charge in [-0.1, -0.05) is 30.3 Å². The molecular formula is C17H16N2S. The van der Waals surface area contributed by atoms with Crippen molar-refractivity contribution >= 4 is 17.4 Å². The van der Waals surface area contributed by atoms with Gasteiger partial charge in [-0.2, -0.15) is 17.0 Å². The van der Waals surface area contributed by atoms with Crippen LogP contribution in [0.25, 0.3) is 0 Å². The summed E-state index contributed by atoms with van der Waals surface area (Å²) in [7, 11) is 0. The van der Waals surface area contributed by atoms with E-state index < -0.39 is 0 Å². The fourth-order valence-corrected chi connectivity index (χ4v) is 3.64. The molecule has 1 aliphatic heterocycles. The lowest BCUT2D eigenvalue weighted by molar-refractivity contribution is 0.869. The maximum absolute atomic E-state index is 9.03. The summed E-state index contributed by atoms with van der Waals surface area (Å²) < 4.78 is 0. The summed E-state index contributed by atoms with van der Waals surface area (Å²) >= 11 is 1.95. The summed E-state index contributed by atoms with van der Waals surface area (Å²) in [6.45, 7) is 2.07. The molecule has 1 N–H and O–H groups in total. The first-order valence-electron chi connectivity index (χ1n) is 6.71. The molecule has 1 atom stereocenters. The quantitative estimate of drug-likeness (QED) is 0.892. The van der Waals surface area contributed by atoms with Crippen LogP contribution in [0.5, 0.6) is 0 Å². The molecule has 3 heteroatoms. The highest BCUT2D eigenvalue weighted by Crippen LogP contribution is 2.34. The Labute approximate surface area is 123 Å². The van der Waals surface area contributed by atoms with Crippen LogP contribution in [0.2, 0.25) is 0 Å². The molecule has 0 aromatic heterocycles. The minimum atomic E-state index is 0.317. The number of benzene rings is 2. The molecule has 0 bridgehead atoms. The van der Waals surface area contributed by atoms with E-state index in [1.165, 1.54) is 16.7 Å². The van der Waals surface area contributed by atoms with Crippen molar-refractivity contribution in [2.24, 2.45) is 0 Å². The van der Waals surface area contributed by atoms with Gasteiger partial charge in [0.05, 0.1) is 17.7 Å². The first-order valence-corrected chi connectivity index (χ1v) is 7.86. The molecule has 0 radical (unpaired) electrons. The zero-order valence-electron chi connectivity index (χ0n) is 11.4. The highest BCUT2D eigenvalue weighted by molar-refractivity contribution is 7.98. The fraction of sp³-hybridized carbons (Fsp3) is 0.235. The van der Waals surface area contributed by atoms with Crippen LogP contribution < -0.4 is 5.32 Å². The summed E-state index contributed by atoms with van der Waals surface area (Å²) in [5.41, 5.74) is 5.74. The van der Waals surface area contributed by atoms with Gasteiger partial charge in [0.25, 0.3) is 0 Å². The highest BCUT2D eigenvalue weighted by atomic mass is 32.2. The summed E-state index contributed by atoms with van der Waals surface area (Å²) in [5.74, 6) is 2.15. The highest BCUT2D eigenvalue weighted by Gasteiger charge is 2.20. The van der Waals surface area contributed by atoms with Crippen LogP contribution in [0, 0.1) is 18.3 Å². The van der Waals surface area contributed by atoms with E-state index >= 15 is 0 Å². The Bertz CT molecular complexity index is 673. The van der Waals surface area contributed by atoms with Crippen molar-refractivity contribution in [2.75, 3.05) is 11.1 Å². The molecule has 1 aliphatic rings. The van der Waals surface area contributed by atoms with Crippen molar-refractivity contribution in [3.05, 3.63) is 64.7 Å². The molecule has 3 rings (SSSR count). The second-order valence-corrected chi connectivity index (χ2v) is 6.08. The van der Waals surface area contributed by atoms with Crippen LogP contribution in [-0.2, 0) is 5.75 Å². The topological polar surface area (TPSA) is 35.8 Å². The summed E-state index contributed by atoms with van der Waals surface area (Å²) in [6, 6.07) is 16.9. The van der Waals surface area contributed by atoms with E-state index in [2.05, 4.69) is 42.6 Å². The van der Waals surface area contributed by atoms with Crippen molar-refractivity contribution < 1.29 is 0 Å². The first-order chi connectivity index (χ1) is 9.78. The lowest BCUT2D eigenvalue weighted by atomic mass is 10.0. The van der Waals surface area contributed by atoms with E-state index in [4.69, 9.17) is 5.26 Å². The van der Waals surface area contributed by atoms with Gasteiger partial charge in [-0.3, -0.25) is 0 Å². The van der Waals surface area contributed by atoms with Crippen molar-refractivity contribution in [3.8, 4) is 6.07 Å². The first kappa shape index (κ1) is 13.1. The van der Waals surface area contributed by atoms with Gasteiger partial charge in [-0.15, -0.1) is 0 Å². The molecule has 2 aromatic rings.